The number of aromatic nitrogens is 1. The zero-order valence-electron chi connectivity index (χ0n) is 13.9. The average molecular weight is 321 g/mol. The van der Waals surface area contributed by atoms with Crippen LogP contribution in [0.1, 0.15) is 45.1 Å². The Bertz CT molecular complexity index is 795. The first-order chi connectivity index (χ1) is 11.3. The molecular formula is C21H23NS. The number of thiazole rings is 1. The first kappa shape index (κ1) is 14.9. The Morgan fingerprint density at radius 2 is 1.87 bits per heavy atom. The molecule has 1 fully saturated rings. The molecule has 118 valence electrons. The van der Waals surface area contributed by atoms with E-state index in [9.17, 15) is 0 Å². The summed E-state index contributed by atoms with van der Waals surface area (Å²) in [7, 11) is 0. The molecular weight excluding hydrogens is 298 g/mol. The molecule has 1 saturated carbocycles. The molecule has 3 aromatic rings. The zero-order chi connectivity index (χ0) is 15.9. The monoisotopic (exact) mass is 321 g/mol. The first-order valence-corrected chi connectivity index (χ1v) is 9.55. The van der Waals surface area contributed by atoms with Crippen molar-refractivity contribution in [3.05, 3.63) is 54.1 Å². The minimum atomic E-state index is 0.364. The van der Waals surface area contributed by atoms with Gasteiger partial charge >= 0.3 is 0 Å². The van der Waals surface area contributed by atoms with Gasteiger partial charge in [0.25, 0.3) is 0 Å². The third kappa shape index (κ3) is 2.23. The van der Waals surface area contributed by atoms with Crippen molar-refractivity contribution in [1.82, 2.24) is 4.98 Å². The Labute approximate surface area is 142 Å². The Balaban J connectivity index is 1.87. The van der Waals surface area contributed by atoms with Crippen LogP contribution >= 0.6 is 11.3 Å². The molecule has 2 aromatic carbocycles. The van der Waals surface area contributed by atoms with E-state index in [1.165, 1.54) is 46.5 Å². The molecule has 0 bridgehead atoms. The van der Waals surface area contributed by atoms with Crippen LogP contribution in [0.15, 0.2) is 48.5 Å². The van der Waals surface area contributed by atoms with Gasteiger partial charge in [0.2, 0.25) is 0 Å². The summed E-state index contributed by atoms with van der Waals surface area (Å²) in [5.41, 5.74) is 4.37. The standard InChI is InChI=1S/C21H23NS/c1-3-15-13-14-21(15,4-2)17-10-6-5-9-16(17)20-22-18-11-7-8-12-19(18)23-20/h5-12,15H,3-4,13-14H2,1-2H3. The van der Waals surface area contributed by atoms with Crippen molar-refractivity contribution in [2.75, 3.05) is 0 Å². The van der Waals surface area contributed by atoms with E-state index in [1.54, 1.807) is 0 Å². The smallest absolute Gasteiger partial charge is 0.124 e. The fourth-order valence-corrected chi connectivity index (χ4v) is 5.40. The van der Waals surface area contributed by atoms with E-state index in [4.69, 9.17) is 4.98 Å². The van der Waals surface area contributed by atoms with Gasteiger partial charge in [-0.1, -0.05) is 56.7 Å². The van der Waals surface area contributed by atoms with Crippen molar-refractivity contribution in [2.45, 2.75) is 44.9 Å². The normalized spacial score (nSPS) is 23.8. The van der Waals surface area contributed by atoms with E-state index in [0.29, 0.717) is 5.41 Å². The molecule has 1 heterocycles. The quantitative estimate of drug-likeness (QED) is 0.539. The molecule has 0 spiro atoms. The number of benzene rings is 2. The Hall–Kier alpha value is -1.67. The van der Waals surface area contributed by atoms with Crippen LogP contribution in [0.25, 0.3) is 20.8 Å². The summed E-state index contributed by atoms with van der Waals surface area (Å²) >= 11 is 1.82. The van der Waals surface area contributed by atoms with Crippen molar-refractivity contribution in [2.24, 2.45) is 5.92 Å². The Morgan fingerprint density at radius 1 is 1.09 bits per heavy atom. The Morgan fingerprint density at radius 3 is 2.57 bits per heavy atom. The van der Waals surface area contributed by atoms with Crippen LogP contribution < -0.4 is 0 Å². The van der Waals surface area contributed by atoms with Gasteiger partial charge in [0.1, 0.15) is 5.01 Å². The molecule has 1 nitrogen and oxygen atoms in total. The minimum Gasteiger partial charge on any atom is -0.236 e. The van der Waals surface area contributed by atoms with Crippen LogP contribution in [0.3, 0.4) is 0 Å². The van der Waals surface area contributed by atoms with Crippen molar-refractivity contribution in [3.63, 3.8) is 0 Å². The summed E-state index contributed by atoms with van der Waals surface area (Å²) in [6, 6.07) is 17.5. The van der Waals surface area contributed by atoms with Crippen molar-refractivity contribution in [1.29, 1.82) is 0 Å². The van der Waals surface area contributed by atoms with Crippen LogP contribution in [-0.4, -0.2) is 4.98 Å². The highest BCUT2D eigenvalue weighted by Crippen LogP contribution is 2.55. The van der Waals surface area contributed by atoms with Crippen molar-refractivity contribution in [3.8, 4) is 10.6 Å². The zero-order valence-corrected chi connectivity index (χ0v) is 14.7. The second kappa shape index (κ2) is 5.76. The highest BCUT2D eigenvalue weighted by atomic mass is 32.1. The van der Waals surface area contributed by atoms with E-state index in [2.05, 4.69) is 62.4 Å². The summed E-state index contributed by atoms with van der Waals surface area (Å²) in [6.07, 6.45) is 5.21. The predicted octanol–water partition coefficient (Wildman–Crippen LogP) is 6.43. The highest BCUT2D eigenvalue weighted by Gasteiger charge is 2.46. The molecule has 0 saturated heterocycles. The van der Waals surface area contributed by atoms with Crippen molar-refractivity contribution < 1.29 is 0 Å². The lowest BCUT2D eigenvalue weighted by atomic mass is 9.54. The van der Waals surface area contributed by atoms with Crippen molar-refractivity contribution >= 4 is 21.6 Å². The molecule has 1 aliphatic carbocycles. The number of rotatable bonds is 4. The third-order valence-corrected chi connectivity index (χ3v) is 6.90. The SMILES string of the molecule is CCC1CCC1(CC)c1ccccc1-c1nc2ccccc2s1. The maximum absolute atomic E-state index is 4.92. The van der Waals surface area contributed by atoms with Gasteiger partial charge < -0.3 is 0 Å². The second-order valence-electron chi connectivity index (χ2n) is 6.69. The number of fused-ring (bicyclic) bond motifs is 1. The summed E-state index contributed by atoms with van der Waals surface area (Å²) in [5, 5.41) is 1.18. The maximum atomic E-state index is 4.92. The maximum Gasteiger partial charge on any atom is 0.124 e. The molecule has 0 N–H and O–H groups in total. The fraction of sp³-hybridized carbons (Fsp3) is 0.381. The lowest BCUT2D eigenvalue weighted by molar-refractivity contribution is 0.111. The molecule has 1 aliphatic rings. The van der Waals surface area contributed by atoms with Gasteiger partial charge in [-0.15, -0.1) is 11.3 Å². The first-order valence-electron chi connectivity index (χ1n) is 8.74. The molecule has 23 heavy (non-hydrogen) atoms. The summed E-state index contributed by atoms with van der Waals surface area (Å²) < 4.78 is 1.28. The lowest BCUT2D eigenvalue weighted by Gasteiger charge is -2.50. The van der Waals surface area contributed by atoms with E-state index in [0.717, 1.165) is 11.4 Å². The van der Waals surface area contributed by atoms with E-state index in [-0.39, 0.29) is 0 Å². The molecule has 1 aromatic heterocycles. The van der Waals surface area contributed by atoms with E-state index in [1.807, 2.05) is 11.3 Å². The number of hydrogen-bond donors (Lipinski definition) is 0. The van der Waals surface area contributed by atoms with Crippen LogP contribution in [0.5, 0.6) is 0 Å². The number of para-hydroxylation sites is 1. The largest absolute Gasteiger partial charge is 0.236 e. The van der Waals surface area contributed by atoms with Gasteiger partial charge in [-0.25, -0.2) is 4.98 Å². The molecule has 0 amide bonds. The van der Waals surface area contributed by atoms with Gasteiger partial charge in [0.15, 0.2) is 0 Å². The van der Waals surface area contributed by atoms with Gasteiger partial charge in [-0.2, -0.15) is 0 Å². The van der Waals surface area contributed by atoms with Gasteiger partial charge in [0, 0.05) is 5.56 Å². The predicted molar refractivity (Wildman–Crippen MR) is 100 cm³/mol. The van der Waals surface area contributed by atoms with Crippen LogP contribution in [-0.2, 0) is 5.41 Å². The number of hydrogen-bond acceptors (Lipinski definition) is 2. The van der Waals surface area contributed by atoms with Crippen LogP contribution in [0.2, 0.25) is 0 Å². The van der Waals surface area contributed by atoms with Gasteiger partial charge in [-0.3, -0.25) is 0 Å². The second-order valence-corrected chi connectivity index (χ2v) is 7.72. The average Bonchev–Trinajstić information content (AvgIpc) is 3.00. The summed E-state index contributed by atoms with van der Waals surface area (Å²) in [6.45, 7) is 4.70. The summed E-state index contributed by atoms with van der Waals surface area (Å²) in [5.74, 6) is 0.822. The van der Waals surface area contributed by atoms with Crippen LogP contribution in [0.4, 0.5) is 0 Å². The topological polar surface area (TPSA) is 12.9 Å². The molecule has 4 rings (SSSR count). The molecule has 2 heteroatoms. The minimum absolute atomic E-state index is 0.364. The Kier molecular flexibility index (Phi) is 3.73. The summed E-state index contributed by atoms with van der Waals surface area (Å²) in [4.78, 5) is 4.92. The molecule has 2 atom stereocenters. The molecule has 2 unspecified atom stereocenters. The fourth-order valence-electron chi connectivity index (χ4n) is 4.39. The van der Waals surface area contributed by atoms with E-state index < -0.39 is 0 Å². The molecule has 0 radical (unpaired) electrons. The lowest BCUT2D eigenvalue weighted by Crippen LogP contribution is -2.43. The molecule has 0 aliphatic heterocycles. The van der Waals surface area contributed by atoms with Gasteiger partial charge in [-0.05, 0) is 48.3 Å². The third-order valence-electron chi connectivity index (χ3n) is 5.83. The number of nitrogens with zero attached hydrogens (tertiary/aromatic N) is 1. The van der Waals surface area contributed by atoms with E-state index >= 15 is 0 Å². The highest BCUT2D eigenvalue weighted by molar-refractivity contribution is 7.21. The van der Waals surface area contributed by atoms with Crippen LogP contribution in [0, 0.1) is 5.92 Å². The van der Waals surface area contributed by atoms with Gasteiger partial charge in [0.05, 0.1) is 10.2 Å².